The van der Waals surface area contributed by atoms with Gasteiger partial charge in [0.15, 0.2) is 11.6 Å². The van der Waals surface area contributed by atoms with Gasteiger partial charge in [0, 0.05) is 5.56 Å². The van der Waals surface area contributed by atoms with Crippen molar-refractivity contribution in [2.75, 3.05) is 0 Å². The molecule has 1 saturated carbocycles. The zero-order chi connectivity index (χ0) is 14.2. The quantitative estimate of drug-likeness (QED) is 0.613. The number of carbonyl (C=O) groups excluding carboxylic acids is 1. The lowest BCUT2D eigenvalue weighted by Crippen LogP contribution is -2.05. The monoisotopic (exact) mass is 271 g/mol. The van der Waals surface area contributed by atoms with E-state index in [0.717, 1.165) is 6.07 Å². The highest BCUT2D eigenvalue weighted by Gasteiger charge is 2.45. The molecule has 1 aliphatic carbocycles. The van der Waals surface area contributed by atoms with Crippen LogP contribution < -0.4 is 0 Å². The first kappa shape index (κ1) is 12.7. The van der Waals surface area contributed by atoms with Crippen LogP contribution in [0.25, 0.3) is 11.1 Å². The number of hydrogen-bond acceptors (Lipinski definition) is 2. The van der Waals surface area contributed by atoms with Crippen LogP contribution in [0.4, 0.5) is 8.78 Å². The minimum absolute atomic E-state index is 0.188. The SMILES string of the molecule is O=C=NC1(c2cc(F)c(F)c(-c3ccccc3)c2)CC1. The fourth-order valence-corrected chi connectivity index (χ4v) is 2.36. The number of halogens is 2. The van der Waals surface area contributed by atoms with Gasteiger partial charge in [0.05, 0.1) is 5.54 Å². The van der Waals surface area contributed by atoms with Crippen LogP contribution in [0.15, 0.2) is 47.5 Å². The van der Waals surface area contributed by atoms with E-state index in [0.29, 0.717) is 24.0 Å². The Morgan fingerprint density at radius 3 is 2.40 bits per heavy atom. The Morgan fingerprint density at radius 1 is 1.10 bits per heavy atom. The van der Waals surface area contributed by atoms with E-state index >= 15 is 0 Å². The summed E-state index contributed by atoms with van der Waals surface area (Å²) in [4.78, 5) is 14.2. The Bertz CT molecular complexity index is 702. The van der Waals surface area contributed by atoms with E-state index in [9.17, 15) is 13.6 Å². The molecule has 2 nitrogen and oxygen atoms in total. The lowest BCUT2D eigenvalue weighted by Gasteiger charge is -2.12. The third-order valence-corrected chi connectivity index (χ3v) is 3.63. The average molecular weight is 271 g/mol. The zero-order valence-corrected chi connectivity index (χ0v) is 10.6. The molecule has 0 N–H and O–H groups in total. The van der Waals surface area contributed by atoms with E-state index in [2.05, 4.69) is 4.99 Å². The summed E-state index contributed by atoms with van der Waals surface area (Å²) in [6.07, 6.45) is 2.83. The molecule has 0 saturated heterocycles. The molecule has 20 heavy (non-hydrogen) atoms. The Kier molecular flexibility index (Phi) is 2.96. The summed E-state index contributed by atoms with van der Waals surface area (Å²) in [7, 11) is 0. The van der Waals surface area contributed by atoms with Gasteiger partial charge < -0.3 is 0 Å². The first-order valence-corrected chi connectivity index (χ1v) is 6.30. The van der Waals surface area contributed by atoms with Crippen LogP contribution >= 0.6 is 0 Å². The second kappa shape index (κ2) is 4.66. The minimum atomic E-state index is -0.922. The van der Waals surface area contributed by atoms with Gasteiger partial charge >= 0.3 is 0 Å². The van der Waals surface area contributed by atoms with Gasteiger partial charge in [0.1, 0.15) is 0 Å². The van der Waals surface area contributed by atoms with Crippen LogP contribution in [-0.2, 0) is 10.3 Å². The summed E-state index contributed by atoms with van der Waals surface area (Å²) in [5, 5.41) is 0. The van der Waals surface area contributed by atoms with Gasteiger partial charge in [-0.1, -0.05) is 30.3 Å². The van der Waals surface area contributed by atoms with Crippen molar-refractivity contribution < 1.29 is 13.6 Å². The number of aliphatic imine (C=N–C) groups is 1. The summed E-state index contributed by atoms with van der Waals surface area (Å²) < 4.78 is 27.8. The highest BCUT2D eigenvalue weighted by molar-refractivity contribution is 5.66. The molecular formula is C16H11F2NO. The van der Waals surface area contributed by atoms with Gasteiger partial charge in [0.2, 0.25) is 6.08 Å². The topological polar surface area (TPSA) is 29.4 Å². The molecule has 0 spiro atoms. The molecule has 3 rings (SSSR count). The van der Waals surface area contributed by atoms with Gasteiger partial charge in [0.25, 0.3) is 0 Å². The van der Waals surface area contributed by atoms with Crippen LogP contribution in [0, 0.1) is 11.6 Å². The maximum Gasteiger partial charge on any atom is 0.235 e. The second-order valence-electron chi connectivity index (χ2n) is 4.92. The Morgan fingerprint density at radius 2 is 1.80 bits per heavy atom. The summed E-state index contributed by atoms with van der Waals surface area (Å²) >= 11 is 0. The molecule has 4 heteroatoms. The second-order valence-corrected chi connectivity index (χ2v) is 4.92. The van der Waals surface area contributed by atoms with Crippen molar-refractivity contribution >= 4 is 6.08 Å². The molecule has 0 unspecified atom stereocenters. The predicted octanol–water partition coefficient (Wildman–Crippen LogP) is 3.96. The maximum atomic E-state index is 14.0. The van der Waals surface area contributed by atoms with Gasteiger partial charge in [-0.15, -0.1) is 0 Å². The fourth-order valence-electron chi connectivity index (χ4n) is 2.36. The van der Waals surface area contributed by atoms with Crippen molar-refractivity contribution in [3.63, 3.8) is 0 Å². The van der Waals surface area contributed by atoms with Crippen LogP contribution in [0.1, 0.15) is 18.4 Å². The van der Waals surface area contributed by atoms with Crippen LogP contribution in [0.5, 0.6) is 0 Å². The number of hydrogen-bond donors (Lipinski definition) is 0. The normalized spacial score (nSPS) is 15.5. The van der Waals surface area contributed by atoms with E-state index in [4.69, 9.17) is 0 Å². The van der Waals surface area contributed by atoms with Crippen LogP contribution in [0.2, 0.25) is 0 Å². The summed E-state index contributed by atoms with van der Waals surface area (Å²) in [5.41, 5.74) is 0.600. The minimum Gasteiger partial charge on any atom is -0.211 e. The standard InChI is InChI=1S/C16H11F2NO/c17-14-9-12(16(6-7-16)19-10-20)8-13(15(14)18)11-4-2-1-3-5-11/h1-5,8-9H,6-7H2. The number of benzene rings is 2. The highest BCUT2D eigenvalue weighted by Crippen LogP contribution is 2.50. The molecule has 0 heterocycles. The predicted molar refractivity (Wildman–Crippen MR) is 70.8 cm³/mol. The smallest absolute Gasteiger partial charge is 0.211 e. The van der Waals surface area contributed by atoms with Gasteiger partial charge in [-0.2, -0.15) is 4.99 Å². The molecule has 1 fully saturated rings. The van der Waals surface area contributed by atoms with Crippen LogP contribution in [-0.4, -0.2) is 6.08 Å². The van der Waals surface area contributed by atoms with E-state index in [1.807, 2.05) is 0 Å². The molecule has 0 amide bonds. The average Bonchev–Trinajstić information content (AvgIpc) is 3.24. The Hall–Kier alpha value is -2.32. The number of isocyanates is 1. The van der Waals surface area contributed by atoms with Crippen molar-refractivity contribution in [2.24, 2.45) is 4.99 Å². The van der Waals surface area contributed by atoms with Crippen molar-refractivity contribution in [3.8, 4) is 11.1 Å². The van der Waals surface area contributed by atoms with Crippen molar-refractivity contribution in [3.05, 3.63) is 59.7 Å². The zero-order valence-electron chi connectivity index (χ0n) is 10.6. The number of nitrogens with zero attached hydrogens (tertiary/aromatic N) is 1. The maximum absolute atomic E-state index is 14.0. The van der Waals surface area contributed by atoms with Crippen molar-refractivity contribution in [2.45, 2.75) is 18.4 Å². The van der Waals surface area contributed by atoms with Gasteiger partial charge in [-0.25, -0.2) is 13.6 Å². The largest absolute Gasteiger partial charge is 0.235 e. The molecule has 0 bridgehead atoms. The molecular weight excluding hydrogens is 260 g/mol. The fraction of sp³-hybridized carbons (Fsp3) is 0.188. The highest BCUT2D eigenvalue weighted by atomic mass is 19.2. The summed E-state index contributed by atoms with van der Waals surface area (Å²) in [5.74, 6) is -1.81. The van der Waals surface area contributed by atoms with Crippen molar-refractivity contribution in [1.82, 2.24) is 0 Å². The lowest BCUT2D eigenvalue weighted by molar-refractivity contribution is 0.507. The Balaban J connectivity index is 2.17. The third-order valence-electron chi connectivity index (χ3n) is 3.63. The summed E-state index contributed by atoms with van der Waals surface area (Å²) in [6, 6.07) is 11.4. The molecule has 0 aromatic heterocycles. The van der Waals surface area contributed by atoms with Gasteiger partial charge in [-0.3, -0.25) is 0 Å². The first-order valence-electron chi connectivity index (χ1n) is 6.30. The Labute approximate surface area is 114 Å². The van der Waals surface area contributed by atoms with E-state index in [1.165, 1.54) is 6.08 Å². The summed E-state index contributed by atoms with van der Waals surface area (Å²) in [6.45, 7) is 0. The molecule has 0 radical (unpaired) electrons. The van der Waals surface area contributed by atoms with Gasteiger partial charge in [-0.05, 0) is 36.1 Å². The van der Waals surface area contributed by atoms with Crippen LogP contribution in [0.3, 0.4) is 0 Å². The molecule has 100 valence electrons. The number of rotatable bonds is 3. The third kappa shape index (κ3) is 2.04. The first-order chi connectivity index (χ1) is 9.66. The lowest BCUT2D eigenvalue weighted by atomic mass is 9.97. The van der Waals surface area contributed by atoms with E-state index in [-0.39, 0.29) is 5.56 Å². The van der Waals surface area contributed by atoms with E-state index < -0.39 is 17.2 Å². The molecule has 2 aromatic rings. The molecule has 0 aliphatic heterocycles. The molecule has 0 atom stereocenters. The molecule has 1 aliphatic rings. The molecule has 2 aromatic carbocycles. The van der Waals surface area contributed by atoms with Crippen molar-refractivity contribution in [1.29, 1.82) is 0 Å². The van der Waals surface area contributed by atoms with E-state index in [1.54, 1.807) is 36.4 Å².